The third kappa shape index (κ3) is 1.79. The van der Waals surface area contributed by atoms with Gasteiger partial charge in [-0.2, -0.15) is 5.26 Å². The molecule has 13 heavy (non-hydrogen) atoms. The second-order valence-corrected chi connectivity index (χ2v) is 2.97. The summed E-state index contributed by atoms with van der Waals surface area (Å²) in [4.78, 5) is 10.7. The molecule has 0 amide bonds. The van der Waals surface area contributed by atoms with E-state index in [1.807, 2.05) is 6.07 Å². The molecule has 0 spiro atoms. The molecular weight excluding hydrogens is 190 g/mol. The fourth-order valence-corrected chi connectivity index (χ4v) is 1.43. The molecule has 0 aliphatic heterocycles. The molecule has 66 valence electrons. The van der Waals surface area contributed by atoms with Crippen LogP contribution in [0.5, 0.6) is 0 Å². The topological polar surface area (TPSA) is 61.1 Å². The molecule has 0 aliphatic rings. The highest BCUT2D eigenvalue weighted by Crippen LogP contribution is 2.21. The molecule has 0 heterocycles. The number of aryl methyl sites for hydroxylation is 1. The van der Waals surface area contributed by atoms with Gasteiger partial charge >= 0.3 is 5.97 Å². The number of nitrogens with zero attached hydrogens (tertiary/aromatic N) is 1. The Balaban J connectivity index is 3.42. The highest BCUT2D eigenvalue weighted by molar-refractivity contribution is 6.33. The van der Waals surface area contributed by atoms with Gasteiger partial charge in [0.15, 0.2) is 0 Å². The second-order valence-electron chi connectivity index (χ2n) is 2.57. The predicted octanol–water partition coefficient (Wildman–Crippen LogP) is 2.22. The molecule has 0 aliphatic carbocycles. The van der Waals surface area contributed by atoms with Crippen molar-refractivity contribution in [2.24, 2.45) is 0 Å². The van der Waals surface area contributed by atoms with E-state index in [2.05, 4.69) is 0 Å². The Kier molecular flexibility index (Phi) is 2.54. The van der Waals surface area contributed by atoms with Crippen molar-refractivity contribution in [2.75, 3.05) is 0 Å². The lowest BCUT2D eigenvalue weighted by atomic mass is 10.1. The van der Waals surface area contributed by atoms with E-state index in [9.17, 15) is 4.79 Å². The summed E-state index contributed by atoms with van der Waals surface area (Å²) in [6.07, 6.45) is 0. The normalized spacial score (nSPS) is 9.31. The maximum atomic E-state index is 10.7. The lowest BCUT2D eigenvalue weighted by molar-refractivity contribution is 0.0696. The Labute approximate surface area is 80.2 Å². The summed E-state index contributed by atoms with van der Waals surface area (Å²) in [5, 5.41) is 17.4. The van der Waals surface area contributed by atoms with E-state index >= 15 is 0 Å². The van der Waals surface area contributed by atoms with Crippen molar-refractivity contribution < 1.29 is 9.90 Å². The summed E-state index contributed by atoms with van der Waals surface area (Å²) in [5.41, 5.74) is 0.921. The van der Waals surface area contributed by atoms with Crippen LogP contribution in [0.1, 0.15) is 21.5 Å². The quantitative estimate of drug-likeness (QED) is 0.748. The smallest absolute Gasteiger partial charge is 0.337 e. The number of carbonyl (C=O) groups is 1. The fourth-order valence-electron chi connectivity index (χ4n) is 1.08. The third-order valence-corrected chi connectivity index (χ3v) is 1.93. The van der Waals surface area contributed by atoms with Crippen LogP contribution in [-0.2, 0) is 0 Å². The van der Waals surface area contributed by atoms with E-state index in [0.29, 0.717) is 11.1 Å². The van der Waals surface area contributed by atoms with Crippen molar-refractivity contribution >= 4 is 17.6 Å². The second kappa shape index (κ2) is 3.46. The first-order valence-corrected chi connectivity index (χ1v) is 3.87. The van der Waals surface area contributed by atoms with E-state index in [1.165, 1.54) is 12.1 Å². The zero-order chi connectivity index (χ0) is 10.0. The van der Waals surface area contributed by atoms with Crippen LogP contribution in [0, 0.1) is 18.3 Å². The van der Waals surface area contributed by atoms with Crippen molar-refractivity contribution in [1.82, 2.24) is 0 Å². The predicted molar refractivity (Wildman–Crippen MR) is 47.9 cm³/mol. The first-order valence-electron chi connectivity index (χ1n) is 3.50. The maximum absolute atomic E-state index is 10.7. The fraction of sp³-hybridized carbons (Fsp3) is 0.111. The van der Waals surface area contributed by atoms with Gasteiger partial charge in [-0.05, 0) is 24.6 Å². The van der Waals surface area contributed by atoms with E-state index < -0.39 is 5.97 Å². The Morgan fingerprint density at radius 2 is 2.23 bits per heavy atom. The average molecular weight is 196 g/mol. The van der Waals surface area contributed by atoms with E-state index in [-0.39, 0.29) is 10.6 Å². The minimum atomic E-state index is -1.08. The number of benzene rings is 1. The molecule has 0 radical (unpaired) electrons. The summed E-state index contributed by atoms with van der Waals surface area (Å²) < 4.78 is 0. The van der Waals surface area contributed by atoms with Crippen LogP contribution in [-0.4, -0.2) is 11.1 Å². The molecule has 4 heteroatoms. The molecule has 0 aromatic heterocycles. The van der Waals surface area contributed by atoms with Crippen LogP contribution in [0.2, 0.25) is 5.02 Å². The number of aromatic carboxylic acids is 1. The molecule has 1 aromatic rings. The van der Waals surface area contributed by atoms with E-state index in [1.54, 1.807) is 6.92 Å². The Morgan fingerprint density at radius 3 is 2.62 bits per heavy atom. The number of halogens is 1. The standard InChI is InChI=1S/C9H6ClNO2/c1-5-2-6(4-11)3-7(10)8(5)9(12)13/h2-3H,1H3,(H,12,13). The van der Waals surface area contributed by atoms with Crippen molar-refractivity contribution in [1.29, 1.82) is 5.26 Å². The average Bonchev–Trinajstić information content (AvgIpc) is 2.02. The van der Waals surface area contributed by atoms with E-state index in [0.717, 1.165) is 0 Å². The van der Waals surface area contributed by atoms with Crippen LogP contribution >= 0.6 is 11.6 Å². The van der Waals surface area contributed by atoms with Gasteiger partial charge in [0.1, 0.15) is 0 Å². The molecule has 1 aromatic carbocycles. The van der Waals surface area contributed by atoms with Gasteiger partial charge in [-0.3, -0.25) is 0 Å². The molecule has 0 unspecified atom stereocenters. The van der Waals surface area contributed by atoms with Crippen molar-refractivity contribution in [3.05, 3.63) is 33.8 Å². The molecular formula is C9H6ClNO2. The van der Waals surface area contributed by atoms with Gasteiger partial charge in [0, 0.05) is 0 Å². The minimum absolute atomic E-state index is 0.0562. The molecule has 1 rings (SSSR count). The van der Waals surface area contributed by atoms with Crippen LogP contribution in [0.25, 0.3) is 0 Å². The Morgan fingerprint density at radius 1 is 1.62 bits per heavy atom. The summed E-state index contributed by atoms with van der Waals surface area (Å²) in [7, 11) is 0. The summed E-state index contributed by atoms with van der Waals surface area (Å²) >= 11 is 5.68. The van der Waals surface area contributed by atoms with Gasteiger partial charge in [0.05, 0.1) is 22.2 Å². The molecule has 0 bridgehead atoms. The Hall–Kier alpha value is -1.53. The largest absolute Gasteiger partial charge is 0.478 e. The molecule has 3 nitrogen and oxygen atoms in total. The van der Waals surface area contributed by atoms with Gasteiger partial charge < -0.3 is 5.11 Å². The summed E-state index contributed by atoms with van der Waals surface area (Å²) in [5.74, 6) is -1.08. The van der Waals surface area contributed by atoms with Gasteiger partial charge in [-0.15, -0.1) is 0 Å². The first-order chi connectivity index (χ1) is 6.06. The van der Waals surface area contributed by atoms with Gasteiger partial charge in [-0.25, -0.2) is 4.79 Å². The summed E-state index contributed by atoms with van der Waals surface area (Å²) in [6.45, 7) is 1.61. The number of carboxylic acid groups (broad SMARTS) is 1. The lowest BCUT2D eigenvalue weighted by Gasteiger charge is -2.03. The van der Waals surface area contributed by atoms with Crippen molar-refractivity contribution in [2.45, 2.75) is 6.92 Å². The summed E-state index contributed by atoms with van der Waals surface area (Å²) in [6, 6.07) is 4.74. The van der Waals surface area contributed by atoms with Gasteiger partial charge in [0.2, 0.25) is 0 Å². The SMILES string of the molecule is Cc1cc(C#N)cc(Cl)c1C(=O)O. The zero-order valence-electron chi connectivity index (χ0n) is 6.84. The molecule has 1 N–H and O–H groups in total. The van der Waals surface area contributed by atoms with Crippen LogP contribution < -0.4 is 0 Å². The highest BCUT2D eigenvalue weighted by Gasteiger charge is 2.12. The van der Waals surface area contributed by atoms with Crippen molar-refractivity contribution in [3.8, 4) is 6.07 Å². The van der Waals surface area contributed by atoms with Crippen molar-refractivity contribution in [3.63, 3.8) is 0 Å². The molecule has 0 saturated carbocycles. The molecule has 0 fully saturated rings. The number of hydrogen-bond acceptors (Lipinski definition) is 2. The van der Waals surface area contributed by atoms with E-state index in [4.69, 9.17) is 22.0 Å². The lowest BCUT2D eigenvalue weighted by Crippen LogP contribution is -2.01. The number of rotatable bonds is 1. The van der Waals surface area contributed by atoms with Crippen LogP contribution in [0.15, 0.2) is 12.1 Å². The maximum Gasteiger partial charge on any atom is 0.337 e. The molecule has 0 saturated heterocycles. The monoisotopic (exact) mass is 195 g/mol. The minimum Gasteiger partial charge on any atom is -0.478 e. The van der Waals surface area contributed by atoms with Crippen LogP contribution in [0.4, 0.5) is 0 Å². The molecule has 0 atom stereocenters. The van der Waals surface area contributed by atoms with Gasteiger partial charge in [0.25, 0.3) is 0 Å². The third-order valence-electron chi connectivity index (χ3n) is 1.63. The highest BCUT2D eigenvalue weighted by atomic mass is 35.5. The first kappa shape index (κ1) is 9.56. The zero-order valence-corrected chi connectivity index (χ0v) is 7.59. The number of nitriles is 1. The Bertz CT molecular complexity index is 384. The number of carboxylic acids is 1. The number of hydrogen-bond donors (Lipinski definition) is 1. The van der Waals surface area contributed by atoms with Crippen LogP contribution in [0.3, 0.4) is 0 Å². The van der Waals surface area contributed by atoms with Gasteiger partial charge in [-0.1, -0.05) is 11.6 Å².